The Morgan fingerprint density at radius 1 is 0.778 bits per heavy atom. The van der Waals surface area contributed by atoms with E-state index in [4.69, 9.17) is 5.26 Å². The predicted octanol–water partition coefficient (Wildman–Crippen LogP) is 6.51. The summed E-state index contributed by atoms with van der Waals surface area (Å²) in [6.45, 7) is 7.36. The molecule has 0 fully saturated rings. The fourth-order valence-electron chi connectivity index (χ4n) is 3.26. The van der Waals surface area contributed by atoms with Gasteiger partial charge in [0, 0.05) is 25.6 Å². The SMILES string of the molecule is CCCCCCCC/C=C\CCCCCCCCNCC(C)NCCC#N. The van der Waals surface area contributed by atoms with E-state index >= 15 is 0 Å². The topological polar surface area (TPSA) is 47.8 Å². The molecule has 0 aliphatic carbocycles. The number of nitrogens with zero attached hydrogens (tertiary/aromatic N) is 1. The first-order chi connectivity index (χ1) is 13.3. The van der Waals surface area contributed by atoms with Crippen molar-refractivity contribution in [1.29, 1.82) is 5.26 Å². The summed E-state index contributed by atoms with van der Waals surface area (Å²) in [6, 6.07) is 2.62. The van der Waals surface area contributed by atoms with Gasteiger partial charge in [0.1, 0.15) is 0 Å². The van der Waals surface area contributed by atoms with E-state index in [9.17, 15) is 0 Å². The van der Waals surface area contributed by atoms with Gasteiger partial charge in [0.2, 0.25) is 0 Å². The zero-order valence-corrected chi connectivity index (χ0v) is 18.4. The fraction of sp³-hybridized carbons (Fsp3) is 0.875. The summed E-state index contributed by atoms with van der Waals surface area (Å²) in [4.78, 5) is 0. The van der Waals surface area contributed by atoms with Crippen LogP contribution < -0.4 is 10.6 Å². The highest BCUT2D eigenvalue weighted by Crippen LogP contribution is 2.09. The fourth-order valence-corrected chi connectivity index (χ4v) is 3.26. The molecule has 3 nitrogen and oxygen atoms in total. The molecule has 1 atom stereocenters. The summed E-state index contributed by atoms with van der Waals surface area (Å²) < 4.78 is 0. The minimum Gasteiger partial charge on any atom is -0.315 e. The minimum atomic E-state index is 0.451. The van der Waals surface area contributed by atoms with Gasteiger partial charge in [0.15, 0.2) is 0 Å². The van der Waals surface area contributed by atoms with Crippen LogP contribution in [0.5, 0.6) is 0 Å². The molecule has 0 aromatic rings. The van der Waals surface area contributed by atoms with Crippen molar-refractivity contribution >= 4 is 0 Å². The van der Waals surface area contributed by atoms with Gasteiger partial charge >= 0.3 is 0 Å². The number of unbranched alkanes of at least 4 members (excludes halogenated alkanes) is 12. The maximum Gasteiger partial charge on any atom is 0.0635 e. The second-order valence-electron chi connectivity index (χ2n) is 7.91. The largest absolute Gasteiger partial charge is 0.315 e. The van der Waals surface area contributed by atoms with E-state index < -0.39 is 0 Å². The Morgan fingerprint density at radius 2 is 1.33 bits per heavy atom. The quantitative estimate of drug-likeness (QED) is 0.177. The number of hydrogen-bond acceptors (Lipinski definition) is 3. The average Bonchev–Trinajstić information content (AvgIpc) is 2.67. The predicted molar refractivity (Wildman–Crippen MR) is 120 cm³/mol. The zero-order valence-electron chi connectivity index (χ0n) is 18.4. The summed E-state index contributed by atoms with van der Waals surface area (Å²) in [5, 5.41) is 15.4. The van der Waals surface area contributed by atoms with Crippen LogP contribution in [0.4, 0.5) is 0 Å². The van der Waals surface area contributed by atoms with Crippen LogP contribution in [0.2, 0.25) is 0 Å². The molecule has 0 aliphatic heterocycles. The van der Waals surface area contributed by atoms with E-state index in [-0.39, 0.29) is 0 Å². The summed E-state index contributed by atoms with van der Waals surface area (Å²) in [6.07, 6.45) is 24.5. The molecule has 0 aromatic heterocycles. The first-order valence-corrected chi connectivity index (χ1v) is 11.8. The van der Waals surface area contributed by atoms with Gasteiger partial charge in [0.05, 0.1) is 6.07 Å². The monoisotopic (exact) mass is 377 g/mol. The van der Waals surface area contributed by atoms with Gasteiger partial charge < -0.3 is 10.6 Å². The van der Waals surface area contributed by atoms with E-state index in [1.165, 1.54) is 89.9 Å². The Kier molecular flexibility index (Phi) is 22.5. The van der Waals surface area contributed by atoms with Crippen molar-refractivity contribution < 1.29 is 0 Å². The van der Waals surface area contributed by atoms with Gasteiger partial charge in [0.25, 0.3) is 0 Å². The lowest BCUT2D eigenvalue weighted by Crippen LogP contribution is -2.37. The molecule has 0 saturated heterocycles. The van der Waals surface area contributed by atoms with Crippen molar-refractivity contribution in [3.8, 4) is 6.07 Å². The summed E-state index contributed by atoms with van der Waals surface area (Å²) in [5.74, 6) is 0. The van der Waals surface area contributed by atoms with E-state index in [0.717, 1.165) is 19.6 Å². The van der Waals surface area contributed by atoms with Gasteiger partial charge in [-0.15, -0.1) is 0 Å². The number of rotatable bonds is 21. The molecule has 0 amide bonds. The third kappa shape index (κ3) is 23.1. The number of hydrogen-bond donors (Lipinski definition) is 2. The van der Waals surface area contributed by atoms with E-state index in [0.29, 0.717) is 12.5 Å². The van der Waals surface area contributed by atoms with Gasteiger partial charge in [-0.25, -0.2) is 0 Å². The summed E-state index contributed by atoms with van der Waals surface area (Å²) in [5.41, 5.74) is 0. The van der Waals surface area contributed by atoms with E-state index in [1.807, 2.05) is 0 Å². The van der Waals surface area contributed by atoms with Crippen molar-refractivity contribution in [3.05, 3.63) is 12.2 Å². The Hall–Kier alpha value is -0.850. The highest BCUT2D eigenvalue weighted by atomic mass is 15.0. The summed E-state index contributed by atoms with van der Waals surface area (Å²) >= 11 is 0. The third-order valence-electron chi connectivity index (χ3n) is 5.05. The third-order valence-corrected chi connectivity index (χ3v) is 5.05. The van der Waals surface area contributed by atoms with Crippen LogP contribution in [0.25, 0.3) is 0 Å². The molecule has 1 unspecified atom stereocenters. The molecule has 0 saturated carbocycles. The molecule has 27 heavy (non-hydrogen) atoms. The van der Waals surface area contributed by atoms with Gasteiger partial charge in [-0.1, -0.05) is 76.9 Å². The molecule has 0 bridgehead atoms. The molecule has 0 radical (unpaired) electrons. The molecule has 0 aliphatic rings. The molecule has 2 N–H and O–H groups in total. The van der Waals surface area contributed by atoms with E-state index in [2.05, 4.69) is 42.7 Å². The van der Waals surface area contributed by atoms with Crippen LogP contribution in [-0.4, -0.2) is 25.7 Å². The van der Waals surface area contributed by atoms with Crippen molar-refractivity contribution in [3.63, 3.8) is 0 Å². The lowest BCUT2D eigenvalue weighted by molar-refractivity contribution is 0.494. The minimum absolute atomic E-state index is 0.451. The number of nitriles is 1. The zero-order chi connectivity index (χ0) is 19.8. The van der Waals surface area contributed by atoms with Crippen molar-refractivity contribution in [2.45, 2.75) is 116 Å². The lowest BCUT2D eigenvalue weighted by Gasteiger charge is -2.13. The van der Waals surface area contributed by atoms with Crippen LogP contribution in [0.1, 0.15) is 110 Å². The van der Waals surface area contributed by atoms with Crippen LogP contribution in [0, 0.1) is 11.3 Å². The molecule has 0 heterocycles. The standard InChI is InChI=1S/C24H47N3/c1-3-4-5-6-7-8-9-10-11-12-13-14-15-16-17-18-21-26-23-24(2)27-22-19-20-25/h10-11,24,26-27H,3-9,12-19,21-23H2,1-2H3/b11-10-. The van der Waals surface area contributed by atoms with Crippen LogP contribution in [0.15, 0.2) is 12.2 Å². The maximum absolute atomic E-state index is 8.51. The molecular formula is C24H47N3. The molecule has 0 aromatic carbocycles. The van der Waals surface area contributed by atoms with Gasteiger partial charge in [-0.3, -0.25) is 0 Å². The average molecular weight is 378 g/mol. The van der Waals surface area contributed by atoms with Gasteiger partial charge in [-0.05, 0) is 45.6 Å². The first kappa shape index (κ1) is 26.1. The van der Waals surface area contributed by atoms with Crippen LogP contribution in [0.3, 0.4) is 0 Å². The van der Waals surface area contributed by atoms with Gasteiger partial charge in [-0.2, -0.15) is 5.26 Å². The molecular weight excluding hydrogens is 330 g/mol. The Balaban J connectivity index is 3.14. The highest BCUT2D eigenvalue weighted by molar-refractivity contribution is 4.81. The first-order valence-electron chi connectivity index (χ1n) is 11.8. The van der Waals surface area contributed by atoms with Crippen LogP contribution in [-0.2, 0) is 0 Å². The normalized spacial score (nSPS) is 12.5. The molecule has 0 spiro atoms. The molecule has 3 heteroatoms. The summed E-state index contributed by atoms with van der Waals surface area (Å²) in [7, 11) is 0. The molecule has 158 valence electrons. The highest BCUT2D eigenvalue weighted by Gasteiger charge is 1.99. The molecule has 0 rings (SSSR count). The second-order valence-corrected chi connectivity index (χ2v) is 7.91. The Morgan fingerprint density at radius 3 is 1.93 bits per heavy atom. The maximum atomic E-state index is 8.51. The second kappa shape index (κ2) is 23.2. The Bertz CT molecular complexity index is 346. The Labute approximate surface area is 170 Å². The smallest absolute Gasteiger partial charge is 0.0635 e. The van der Waals surface area contributed by atoms with Crippen LogP contribution >= 0.6 is 0 Å². The van der Waals surface area contributed by atoms with Crippen molar-refractivity contribution in [2.24, 2.45) is 0 Å². The number of allylic oxidation sites excluding steroid dienone is 2. The van der Waals surface area contributed by atoms with Crippen molar-refractivity contribution in [2.75, 3.05) is 19.6 Å². The van der Waals surface area contributed by atoms with Crippen molar-refractivity contribution in [1.82, 2.24) is 10.6 Å². The van der Waals surface area contributed by atoms with E-state index in [1.54, 1.807) is 0 Å². The lowest BCUT2D eigenvalue weighted by atomic mass is 10.1. The number of nitrogens with one attached hydrogen (secondary N) is 2.